The van der Waals surface area contributed by atoms with Crippen LogP contribution in [0.2, 0.25) is 0 Å². The van der Waals surface area contributed by atoms with Crippen LogP contribution in [0.3, 0.4) is 0 Å². The Kier molecular flexibility index (Phi) is 8.46. The highest BCUT2D eigenvalue weighted by molar-refractivity contribution is 5.73. The number of benzene rings is 5. The minimum Gasteiger partial charge on any atom is -0.507 e. The molecule has 0 aliphatic rings. The monoisotopic (exact) mass is 577 g/mol. The zero-order chi connectivity index (χ0) is 30.5. The second-order valence-electron chi connectivity index (χ2n) is 11.1. The Balaban J connectivity index is 1.39. The first-order chi connectivity index (χ1) is 21.5. The van der Waals surface area contributed by atoms with E-state index in [-0.39, 0.29) is 11.9 Å². The Bertz CT molecular complexity index is 1740. The summed E-state index contributed by atoms with van der Waals surface area (Å²) in [6, 6.07) is 42.2. The Morgan fingerprint density at radius 3 is 1.43 bits per heavy atom. The van der Waals surface area contributed by atoms with Gasteiger partial charge in [0.05, 0.1) is 11.7 Å². The Hall–Kier alpha value is -5.29. The van der Waals surface area contributed by atoms with Crippen molar-refractivity contribution in [3.05, 3.63) is 127 Å². The van der Waals surface area contributed by atoms with Gasteiger partial charge >= 0.3 is 0 Å². The molecule has 0 saturated heterocycles. The number of ether oxygens (including phenoxy) is 1. The number of aromatic nitrogens is 3. The van der Waals surface area contributed by atoms with E-state index in [9.17, 15) is 5.11 Å². The van der Waals surface area contributed by atoms with Crippen LogP contribution >= 0.6 is 0 Å². The summed E-state index contributed by atoms with van der Waals surface area (Å²) in [4.78, 5) is 14.6. The van der Waals surface area contributed by atoms with Gasteiger partial charge in [0, 0.05) is 17.2 Å². The first-order valence-electron chi connectivity index (χ1n) is 15.1. The van der Waals surface area contributed by atoms with Crippen molar-refractivity contribution in [2.45, 2.75) is 33.3 Å². The predicted octanol–water partition coefficient (Wildman–Crippen LogP) is 9.73. The number of phenolic OH excluding ortho intramolecular Hbond substituents is 1. The molecule has 6 rings (SSSR count). The molecule has 2 unspecified atom stereocenters. The van der Waals surface area contributed by atoms with E-state index in [1.54, 1.807) is 6.07 Å². The van der Waals surface area contributed by atoms with Crippen molar-refractivity contribution in [3.8, 4) is 67.9 Å². The minimum absolute atomic E-state index is 0.0262. The van der Waals surface area contributed by atoms with Gasteiger partial charge < -0.3 is 9.84 Å². The zero-order valence-corrected chi connectivity index (χ0v) is 25.2. The van der Waals surface area contributed by atoms with E-state index in [1.807, 2.05) is 72.8 Å². The maximum Gasteiger partial charge on any atom is 0.167 e. The van der Waals surface area contributed by atoms with E-state index in [1.165, 1.54) is 0 Å². The van der Waals surface area contributed by atoms with Gasteiger partial charge in [-0.1, -0.05) is 129 Å². The third-order valence-corrected chi connectivity index (χ3v) is 8.11. The molecule has 0 aliphatic carbocycles. The second-order valence-corrected chi connectivity index (χ2v) is 11.1. The summed E-state index contributed by atoms with van der Waals surface area (Å²) in [5, 5.41) is 11.1. The molecule has 6 aromatic rings. The molecule has 0 amide bonds. The van der Waals surface area contributed by atoms with E-state index < -0.39 is 0 Å². The molecule has 0 bridgehead atoms. The number of phenols is 1. The summed E-state index contributed by atoms with van der Waals surface area (Å²) in [7, 11) is 0. The molecule has 1 heterocycles. The fourth-order valence-corrected chi connectivity index (χ4v) is 5.08. The Morgan fingerprint density at radius 1 is 0.545 bits per heavy atom. The number of hydrogen-bond acceptors (Lipinski definition) is 5. The smallest absolute Gasteiger partial charge is 0.167 e. The van der Waals surface area contributed by atoms with Crippen LogP contribution in [0, 0.1) is 5.92 Å². The van der Waals surface area contributed by atoms with Crippen molar-refractivity contribution in [1.29, 1.82) is 0 Å². The molecular formula is C39H35N3O2. The lowest BCUT2D eigenvalue weighted by atomic mass is 10.0. The number of nitrogens with zero attached hydrogens (tertiary/aromatic N) is 3. The van der Waals surface area contributed by atoms with Gasteiger partial charge in [-0.25, -0.2) is 15.0 Å². The summed E-state index contributed by atoms with van der Waals surface area (Å²) in [6.07, 6.45) is 1.04. The van der Waals surface area contributed by atoms with Gasteiger partial charge in [0.25, 0.3) is 0 Å². The van der Waals surface area contributed by atoms with Crippen LogP contribution in [0.4, 0.5) is 0 Å². The van der Waals surface area contributed by atoms with Crippen molar-refractivity contribution in [3.63, 3.8) is 0 Å². The summed E-state index contributed by atoms with van der Waals surface area (Å²) < 4.78 is 6.11. The lowest BCUT2D eigenvalue weighted by molar-refractivity contribution is 0.158. The largest absolute Gasteiger partial charge is 0.507 e. The van der Waals surface area contributed by atoms with Crippen LogP contribution in [0.15, 0.2) is 127 Å². The highest BCUT2D eigenvalue weighted by Crippen LogP contribution is 2.34. The third kappa shape index (κ3) is 6.37. The molecule has 0 spiro atoms. The highest BCUT2D eigenvalue weighted by Gasteiger charge is 2.17. The molecule has 1 N–H and O–H groups in total. The zero-order valence-electron chi connectivity index (χ0n) is 25.2. The van der Waals surface area contributed by atoms with Crippen molar-refractivity contribution >= 4 is 0 Å². The molecule has 0 saturated carbocycles. The van der Waals surface area contributed by atoms with E-state index in [4.69, 9.17) is 19.7 Å². The molecule has 5 nitrogen and oxygen atoms in total. The fourth-order valence-electron chi connectivity index (χ4n) is 5.08. The molecule has 5 heteroatoms. The van der Waals surface area contributed by atoms with Gasteiger partial charge in [0.2, 0.25) is 0 Å². The molecule has 1 aromatic heterocycles. The van der Waals surface area contributed by atoms with E-state index in [2.05, 4.69) is 69.3 Å². The number of hydrogen-bond donors (Lipinski definition) is 1. The maximum atomic E-state index is 11.1. The fraction of sp³-hybridized carbons (Fsp3) is 0.154. The lowest BCUT2D eigenvalue weighted by Gasteiger charge is -2.20. The third-order valence-electron chi connectivity index (χ3n) is 8.11. The SMILES string of the molecule is CCC(C)C(C)Oc1ccc(-c2nc(-c3ccc(-c4ccccc4)cc3)nc(-c3ccc(-c4ccccc4)cc3)n2)c(O)c1. The van der Waals surface area contributed by atoms with Crippen LogP contribution in [-0.2, 0) is 0 Å². The van der Waals surface area contributed by atoms with Gasteiger partial charge in [0.1, 0.15) is 11.5 Å². The Labute approximate surface area is 258 Å². The Morgan fingerprint density at radius 2 is 0.977 bits per heavy atom. The number of aromatic hydroxyl groups is 1. The van der Waals surface area contributed by atoms with E-state index >= 15 is 0 Å². The van der Waals surface area contributed by atoms with Crippen LogP contribution in [0.25, 0.3) is 56.4 Å². The standard InChI is InChI=1S/C39H35N3O2/c1-4-26(2)27(3)44-34-23-24-35(36(43)25-34)39-41-37(32-19-15-30(16-20-32)28-11-7-5-8-12-28)40-38(42-39)33-21-17-31(18-22-33)29-13-9-6-10-14-29/h5-27,43H,4H2,1-3H3. The molecule has 2 atom stereocenters. The summed E-state index contributed by atoms with van der Waals surface area (Å²) in [5.41, 5.74) is 6.74. The van der Waals surface area contributed by atoms with Crippen molar-refractivity contribution < 1.29 is 9.84 Å². The van der Waals surface area contributed by atoms with Crippen LogP contribution in [-0.4, -0.2) is 26.2 Å². The van der Waals surface area contributed by atoms with Crippen LogP contribution in [0.5, 0.6) is 11.5 Å². The highest BCUT2D eigenvalue weighted by atomic mass is 16.5. The van der Waals surface area contributed by atoms with E-state index in [0.717, 1.165) is 39.8 Å². The van der Waals surface area contributed by atoms with Gasteiger partial charge in [-0.15, -0.1) is 0 Å². The van der Waals surface area contributed by atoms with Crippen LogP contribution in [0.1, 0.15) is 27.2 Å². The van der Waals surface area contributed by atoms with E-state index in [0.29, 0.717) is 34.7 Å². The average molecular weight is 578 g/mol. The van der Waals surface area contributed by atoms with Crippen molar-refractivity contribution in [2.75, 3.05) is 0 Å². The van der Waals surface area contributed by atoms with Crippen molar-refractivity contribution in [1.82, 2.24) is 15.0 Å². The lowest BCUT2D eigenvalue weighted by Crippen LogP contribution is -2.20. The first kappa shape index (κ1) is 28.8. The van der Waals surface area contributed by atoms with Gasteiger partial charge in [-0.05, 0) is 47.2 Å². The van der Waals surface area contributed by atoms with Gasteiger partial charge in [-0.3, -0.25) is 0 Å². The minimum atomic E-state index is 0.0262. The predicted molar refractivity (Wildman–Crippen MR) is 178 cm³/mol. The van der Waals surface area contributed by atoms with Crippen molar-refractivity contribution in [2.24, 2.45) is 5.92 Å². The summed E-state index contributed by atoms with van der Waals surface area (Å²) in [6.45, 7) is 6.35. The molecule has 218 valence electrons. The molecule has 0 radical (unpaired) electrons. The topological polar surface area (TPSA) is 68.1 Å². The quantitative estimate of drug-likeness (QED) is 0.185. The summed E-state index contributed by atoms with van der Waals surface area (Å²) in [5.74, 6) is 2.52. The average Bonchev–Trinajstić information content (AvgIpc) is 3.08. The van der Waals surface area contributed by atoms with Gasteiger partial charge in [0.15, 0.2) is 17.5 Å². The molecule has 5 aromatic carbocycles. The molecule has 0 aliphatic heterocycles. The maximum absolute atomic E-state index is 11.1. The molecule has 0 fully saturated rings. The summed E-state index contributed by atoms with van der Waals surface area (Å²) >= 11 is 0. The molecular weight excluding hydrogens is 542 g/mol. The normalized spacial score (nSPS) is 12.4. The second kappa shape index (κ2) is 12.9. The molecule has 44 heavy (non-hydrogen) atoms. The number of rotatable bonds is 9. The van der Waals surface area contributed by atoms with Gasteiger partial charge in [-0.2, -0.15) is 0 Å². The first-order valence-corrected chi connectivity index (χ1v) is 15.1. The van der Waals surface area contributed by atoms with Crippen LogP contribution < -0.4 is 4.74 Å².